The van der Waals surface area contributed by atoms with Gasteiger partial charge in [-0.05, 0) is 157 Å². The maximum Gasteiger partial charge on any atom is 0.308 e. The van der Waals surface area contributed by atoms with Crippen LogP contribution in [0.1, 0.15) is 126 Å². The molecule has 8 nitrogen and oxygen atoms in total. The van der Waals surface area contributed by atoms with Crippen molar-refractivity contribution in [2.75, 3.05) is 45.9 Å². The van der Waals surface area contributed by atoms with Gasteiger partial charge in [0.05, 0.1) is 18.4 Å². The molecular weight excluding hydrogens is 600 g/mol. The van der Waals surface area contributed by atoms with Crippen molar-refractivity contribution >= 4 is 11.9 Å². The average molecular weight is 675 g/mol. The van der Waals surface area contributed by atoms with Crippen LogP contribution in [0.2, 0.25) is 0 Å². The minimum absolute atomic E-state index is 0.0132. The van der Waals surface area contributed by atoms with Gasteiger partial charge in [-0.3, -0.25) is 9.59 Å². The first-order valence-corrected chi connectivity index (χ1v) is 20.1. The zero-order valence-corrected chi connectivity index (χ0v) is 31.9. The van der Waals surface area contributed by atoms with E-state index in [-0.39, 0.29) is 35.3 Å². The molecule has 4 aliphatic rings. The number of unbranched alkanes of at least 4 members (excludes halogenated alkanes) is 1. The highest BCUT2D eigenvalue weighted by Crippen LogP contribution is 2.68. The SMILES string of the molecule is CC(C)C(=O)OC[C@@H](C)[C@H]1CCC2C3C(CC[C@@]21C)[C@@]1(C)CC[C@H](NCCCNCCCCNCCCN)CC1C[C@H]3OC(=O)C(C)C. The average Bonchev–Trinajstić information content (AvgIpc) is 3.41. The van der Waals surface area contributed by atoms with Gasteiger partial charge in [0.2, 0.25) is 0 Å². The summed E-state index contributed by atoms with van der Waals surface area (Å²) in [5, 5.41) is 11.0. The summed E-state index contributed by atoms with van der Waals surface area (Å²) in [5.74, 6) is 2.74. The van der Waals surface area contributed by atoms with E-state index in [9.17, 15) is 9.59 Å². The van der Waals surface area contributed by atoms with Crippen LogP contribution in [0, 0.1) is 58.2 Å². The van der Waals surface area contributed by atoms with Crippen LogP contribution in [-0.2, 0) is 19.1 Å². The molecule has 0 aromatic carbocycles. The molecule has 0 heterocycles. The van der Waals surface area contributed by atoms with Crippen LogP contribution in [0.15, 0.2) is 0 Å². The number of fused-ring (bicyclic) bond motifs is 5. The molecule has 0 aromatic heterocycles. The molecule has 4 aliphatic carbocycles. The van der Waals surface area contributed by atoms with Crippen LogP contribution in [0.25, 0.3) is 0 Å². The quantitative estimate of drug-likeness (QED) is 0.0931. The summed E-state index contributed by atoms with van der Waals surface area (Å²) in [4.78, 5) is 25.5. The summed E-state index contributed by atoms with van der Waals surface area (Å²) in [6, 6.07) is 0.555. The number of esters is 2. The molecule has 0 bridgehead atoms. The molecule has 0 spiro atoms. The highest BCUT2D eigenvalue weighted by molar-refractivity contribution is 5.72. The first kappa shape index (κ1) is 39.6. The molecule has 48 heavy (non-hydrogen) atoms. The lowest BCUT2D eigenvalue weighted by Gasteiger charge is -2.63. The van der Waals surface area contributed by atoms with Crippen molar-refractivity contribution in [2.24, 2.45) is 63.9 Å². The van der Waals surface area contributed by atoms with Crippen molar-refractivity contribution in [1.82, 2.24) is 16.0 Å². The monoisotopic (exact) mass is 675 g/mol. The Kier molecular flexibility index (Phi) is 15.1. The van der Waals surface area contributed by atoms with Gasteiger partial charge >= 0.3 is 11.9 Å². The Hall–Kier alpha value is -1.22. The Bertz CT molecular complexity index is 1010. The summed E-state index contributed by atoms with van der Waals surface area (Å²) in [6.07, 6.45) is 14.2. The lowest BCUT2D eigenvalue weighted by molar-refractivity contribution is -0.194. The normalized spacial score (nSPS) is 35.2. The van der Waals surface area contributed by atoms with Crippen LogP contribution in [0.3, 0.4) is 0 Å². The van der Waals surface area contributed by atoms with Gasteiger partial charge < -0.3 is 31.2 Å². The van der Waals surface area contributed by atoms with Crippen LogP contribution < -0.4 is 21.7 Å². The fraction of sp³-hybridized carbons (Fsp3) is 0.950. The third kappa shape index (κ3) is 9.55. The molecule has 4 unspecified atom stereocenters. The largest absolute Gasteiger partial charge is 0.465 e. The van der Waals surface area contributed by atoms with Crippen molar-refractivity contribution in [2.45, 2.75) is 138 Å². The van der Waals surface area contributed by atoms with Gasteiger partial charge in [-0.25, -0.2) is 0 Å². The number of carbonyl (C=O) groups excluding carboxylic acids is 2. The molecule has 4 rings (SSSR count). The zero-order valence-electron chi connectivity index (χ0n) is 31.9. The molecule has 10 atom stereocenters. The van der Waals surface area contributed by atoms with E-state index in [2.05, 4.69) is 36.7 Å². The maximum absolute atomic E-state index is 13.2. The molecule has 0 aliphatic heterocycles. The van der Waals surface area contributed by atoms with Gasteiger partial charge in [0.15, 0.2) is 0 Å². The van der Waals surface area contributed by atoms with E-state index in [1.54, 1.807) is 0 Å². The third-order valence-corrected chi connectivity index (χ3v) is 13.6. The van der Waals surface area contributed by atoms with E-state index < -0.39 is 0 Å². The van der Waals surface area contributed by atoms with Gasteiger partial charge in [-0.15, -0.1) is 0 Å². The first-order chi connectivity index (χ1) is 22.9. The van der Waals surface area contributed by atoms with E-state index in [1.165, 1.54) is 57.8 Å². The number of nitrogens with one attached hydrogen (secondary N) is 3. The predicted octanol–water partition coefficient (Wildman–Crippen LogP) is 6.31. The van der Waals surface area contributed by atoms with Gasteiger partial charge in [0.25, 0.3) is 0 Å². The Morgan fingerprint density at radius 1 is 0.750 bits per heavy atom. The molecular formula is C40H74N4O4. The molecule has 0 aromatic rings. The lowest BCUT2D eigenvalue weighted by Crippen LogP contribution is -2.60. The predicted molar refractivity (Wildman–Crippen MR) is 195 cm³/mol. The van der Waals surface area contributed by atoms with Crippen LogP contribution in [0.5, 0.6) is 0 Å². The summed E-state index contributed by atoms with van der Waals surface area (Å²) < 4.78 is 12.3. The fourth-order valence-electron chi connectivity index (χ4n) is 10.8. The Labute approximate surface area is 293 Å². The van der Waals surface area contributed by atoms with E-state index in [0.29, 0.717) is 53.6 Å². The van der Waals surface area contributed by atoms with Gasteiger partial charge in [-0.1, -0.05) is 48.5 Å². The van der Waals surface area contributed by atoms with E-state index in [1.807, 2.05) is 27.7 Å². The second-order valence-electron chi connectivity index (χ2n) is 17.5. The number of carbonyl (C=O) groups is 2. The number of hydrogen-bond acceptors (Lipinski definition) is 8. The molecule has 0 amide bonds. The maximum atomic E-state index is 13.2. The van der Waals surface area contributed by atoms with Crippen molar-refractivity contribution < 1.29 is 19.1 Å². The topological polar surface area (TPSA) is 115 Å². The highest BCUT2D eigenvalue weighted by atomic mass is 16.5. The van der Waals surface area contributed by atoms with Crippen LogP contribution >= 0.6 is 0 Å². The number of hydrogen-bond donors (Lipinski definition) is 4. The first-order valence-electron chi connectivity index (χ1n) is 20.1. The summed E-state index contributed by atoms with van der Waals surface area (Å²) >= 11 is 0. The van der Waals surface area contributed by atoms with Crippen LogP contribution in [-0.4, -0.2) is 70.0 Å². The number of rotatable bonds is 19. The highest BCUT2D eigenvalue weighted by Gasteiger charge is 2.64. The minimum Gasteiger partial charge on any atom is -0.465 e. The van der Waals surface area contributed by atoms with Crippen molar-refractivity contribution in [1.29, 1.82) is 0 Å². The Morgan fingerprint density at radius 3 is 2.04 bits per heavy atom. The molecule has 0 radical (unpaired) electrons. The minimum atomic E-state index is -0.105. The molecule has 4 fully saturated rings. The fourth-order valence-corrected chi connectivity index (χ4v) is 10.8. The molecule has 5 N–H and O–H groups in total. The van der Waals surface area contributed by atoms with E-state index >= 15 is 0 Å². The number of ether oxygens (including phenoxy) is 2. The number of nitrogens with two attached hydrogens (primary N) is 1. The summed E-state index contributed by atoms with van der Waals surface area (Å²) in [6.45, 7) is 21.8. The van der Waals surface area contributed by atoms with Crippen molar-refractivity contribution in [3.05, 3.63) is 0 Å². The molecule has 8 heteroatoms. The molecule has 4 saturated carbocycles. The molecule has 0 saturated heterocycles. The van der Waals surface area contributed by atoms with Gasteiger partial charge in [0, 0.05) is 12.0 Å². The van der Waals surface area contributed by atoms with Gasteiger partial charge in [0.1, 0.15) is 6.10 Å². The Balaban J connectivity index is 1.33. The third-order valence-electron chi connectivity index (χ3n) is 13.6. The summed E-state index contributed by atoms with van der Waals surface area (Å²) in [7, 11) is 0. The lowest BCUT2D eigenvalue weighted by atomic mass is 9.43. The second-order valence-corrected chi connectivity index (χ2v) is 17.5. The zero-order chi connectivity index (χ0) is 34.9. The van der Waals surface area contributed by atoms with Gasteiger partial charge in [-0.2, -0.15) is 0 Å². The van der Waals surface area contributed by atoms with E-state index in [4.69, 9.17) is 15.2 Å². The van der Waals surface area contributed by atoms with E-state index in [0.717, 1.165) is 58.5 Å². The summed E-state index contributed by atoms with van der Waals surface area (Å²) in [5.41, 5.74) is 6.06. The Morgan fingerprint density at radius 2 is 1.38 bits per heavy atom. The van der Waals surface area contributed by atoms with Crippen molar-refractivity contribution in [3.8, 4) is 0 Å². The second kappa shape index (κ2) is 18.3. The smallest absolute Gasteiger partial charge is 0.308 e. The van der Waals surface area contributed by atoms with Crippen LogP contribution in [0.4, 0.5) is 0 Å². The standard InChI is InChI=1S/C40H74N4O4/c1-27(2)37(45)47-26-29(5)32-12-13-33-36-34(15-17-40(32,33)7)39(6)16-14-31(24-30(39)25-35(36)48-38(46)28(3)4)44-23-11-22-43-20-9-8-19-42-21-10-18-41/h27-36,42-44H,8-26,41H2,1-7H3/t29-,30?,31+,32-,33?,34?,35-,36?,39+,40-/m1/s1. The van der Waals surface area contributed by atoms with Crippen molar-refractivity contribution in [3.63, 3.8) is 0 Å². The molecule has 278 valence electrons.